The second-order valence-electron chi connectivity index (χ2n) is 4.52. The predicted octanol–water partition coefficient (Wildman–Crippen LogP) is 4.13. The molecule has 1 aromatic carbocycles. The van der Waals surface area contributed by atoms with Crippen LogP contribution in [0.3, 0.4) is 0 Å². The molecule has 0 N–H and O–H groups in total. The number of methoxy groups -OCH3 is 1. The molecule has 0 unspecified atom stereocenters. The smallest absolute Gasteiger partial charge is 0.416 e. The van der Waals surface area contributed by atoms with Gasteiger partial charge in [0.15, 0.2) is 0 Å². The van der Waals surface area contributed by atoms with E-state index in [1.54, 1.807) is 6.07 Å². The lowest BCUT2D eigenvalue weighted by Gasteiger charge is -2.13. The van der Waals surface area contributed by atoms with Crippen molar-refractivity contribution in [1.29, 1.82) is 5.26 Å². The maximum absolute atomic E-state index is 12.4. The Kier molecular flexibility index (Phi) is 9.27. The number of nitrogens with zero attached hydrogens (tertiary/aromatic N) is 2. The van der Waals surface area contributed by atoms with Gasteiger partial charge in [-0.2, -0.15) is 18.4 Å². The molecule has 0 saturated carbocycles. The molecule has 0 fully saturated rings. The number of benzene rings is 1. The highest BCUT2D eigenvalue weighted by Gasteiger charge is 2.31. The van der Waals surface area contributed by atoms with Crippen LogP contribution in [0.4, 0.5) is 13.2 Å². The third-order valence-corrected chi connectivity index (χ3v) is 3.15. The van der Waals surface area contributed by atoms with Gasteiger partial charge in [0, 0.05) is 0 Å². The van der Waals surface area contributed by atoms with Gasteiger partial charge in [-0.3, -0.25) is 0 Å². The molecule has 0 aliphatic rings. The molecule has 1 rings (SSSR count). The Labute approximate surface area is 130 Å². The van der Waals surface area contributed by atoms with Crippen LogP contribution in [-0.4, -0.2) is 31.6 Å². The summed E-state index contributed by atoms with van der Waals surface area (Å²) in [6, 6.07) is 5.06. The van der Waals surface area contributed by atoms with Crippen LogP contribution >= 0.6 is 0 Å². The van der Waals surface area contributed by atoms with Crippen molar-refractivity contribution < 1.29 is 17.9 Å². The monoisotopic (exact) mass is 316 g/mol. The van der Waals surface area contributed by atoms with Crippen LogP contribution in [0.5, 0.6) is 5.75 Å². The summed E-state index contributed by atoms with van der Waals surface area (Å²) in [5.74, 6) is 0.107. The SMILES string of the molecule is CCN(CC)CC.COc1cc(CC#N)cc(C(F)(F)F)c1. The van der Waals surface area contributed by atoms with Gasteiger partial charge in [-0.1, -0.05) is 20.8 Å². The highest BCUT2D eigenvalue weighted by Crippen LogP contribution is 2.32. The average molecular weight is 316 g/mol. The summed E-state index contributed by atoms with van der Waals surface area (Å²) in [7, 11) is 1.28. The number of alkyl halides is 3. The maximum Gasteiger partial charge on any atom is 0.416 e. The van der Waals surface area contributed by atoms with E-state index in [0.29, 0.717) is 5.56 Å². The lowest BCUT2D eigenvalue weighted by Crippen LogP contribution is -2.21. The van der Waals surface area contributed by atoms with E-state index in [2.05, 4.69) is 25.7 Å². The molecule has 0 aliphatic carbocycles. The fourth-order valence-corrected chi connectivity index (χ4v) is 1.81. The summed E-state index contributed by atoms with van der Waals surface area (Å²) < 4.78 is 41.9. The molecule has 22 heavy (non-hydrogen) atoms. The molecule has 0 amide bonds. The molecule has 0 aromatic heterocycles. The Morgan fingerprint density at radius 2 is 1.64 bits per heavy atom. The Morgan fingerprint density at radius 3 is 1.95 bits per heavy atom. The summed E-state index contributed by atoms with van der Waals surface area (Å²) in [6.45, 7) is 10.1. The maximum atomic E-state index is 12.4. The van der Waals surface area contributed by atoms with Crippen molar-refractivity contribution in [1.82, 2.24) is 4.90 Å². The lowest BCUT2D eigenvalue weighted by molar-refractivity contribution is -0.137. The van der Waals surface area contributed by atoms with Gasteiger partial charge in [0.25, 0.3) is 0 Å². The van der Waals surface area contributed by atoms with E-state index in [1.807, 2.05) is 0 Å². The minimum Gasteiger partial charge on any atom is -0.497 e. The number of nitriles is 1. The van der Waals surface area contributed by atoms with E-state index >= 15 is 0 Å². The molecule has 0 bridgehead atoms. The van der Waals surface area contributed by atoms with Crippen LogP contribution in [-0.2, 0) is 12.6 Å². The molecule has 0 heterocycles. The first kappa shape index (κ1) is 20.3. The fourth-order valence-electron chi connectivity index (χ4n) is 1.81. The minimum atomic E-state index is -4.42. The molecular weight excluding hydrogens is 293 g/mol. The van der Waals surface area contributed by atoms with E-state index < -0.39 is 11.7 Å². The minimum absolute atomic E-state index is 0.0692. The summed E-state index contributed by atoms with van der Waals surface area (Å²) >= 11 is 0. The van der Waals surface area contributed by atoms with Crippen LogP contribution in [0.25, 0.3) is 0 Å². The molecule has 0 aliphatic heterocycles. The zero-order valence-electron chi connectivity index (χ0n) is 13.5. The molecule has 6 heteroatoms. The molecule has 0 atom stereocenters. The Bertz CT molecular complexity index is 472. The van der Waals surface area contributed by atoms with Crippen LogP contribution in [0.1, 0.15) is 31.9 Å². The fraction of sp³-hybridized carbons (Fsp3) is 0.562. The van der Waals surface area contributed by atoms with Gasteiger partial charge >= 0.3 is 6.18 Å². The zero-order valence-corrected chi connectivity index (χ0v) is 13.5. The van der Waals surface area contributed by atoms with Gasteiger partial charge in [0.2, 0.25) is 0 Å². The highest BCUT2D eigenvalue weighted by molar-refractivity contribution is 5.37. The average Bonchev–Trinajstić information content (AvgIpc) is 2.49. The summed E-state index contributed by atoms with van der Waals surface area (Å²) in [6.07, 6.45) is -4.49. The molecule has 1 aromatic rings. The zero-order chi connectivity index (χ0) is 17.2. The number of ether oxygens (including phenoxy) is 1. The van der Waals surface area contributed by atoms with Crippen molar-refractivity contribution in [2.75, 3.05) is 26.7 Å². The van der Waals surface area contributed by atoms with Crippen molar-refractivity contribution in [3.05, 3.63) is 29.3 Å². The predicted molar refractivity (Wildman–Crippen MR) is 80.8 cm³/mol. The second kappa shape index (κ2) is 10.1. The standard InChI is InChI=1S/C10H8F3NO.C6H15N/c1-15-9-5-7(2-3-14)4-8(6-9)10(11,12)13;1-4-7(5-2)6-3/h4-6H,2H2,1H3;4-6H2,1-3H3. The van der Waals surface area contributed by atoms with Gasteiger partial charge in [-0.25, -0.2) is 0 Å². The second-order valence-corrected chi connectivity index (χ2v) is 4.52. The van der Waals surface area contributed by atoms with Gasteiger partial charge in [-0.05, 0) is 43.4 Å². The first-order chi connectivity index (χ1) is 10.3. The van der Waals surface area contributed by atoms with Gasteiger partial charge in [-0.15, -0.1) is 0 Å². The highest BCUT2D eigenvalue weighted by atomic mass is 19.4. The van der Waals surface area contributed by atoms with Crippen molar-refractivity contribution in [2.45, 2.75) is 33.4 Å². The van der Waals surface area contributed by atoms with Crippen molar-refractivity contribution in [2.24, 2.45) is 0 Å². The Hall–Kier alpha value is -1.74. The van der Waals surface area contributed by atoms with E-state index in [1.165, 1.54) is 32.8 Å². The Balaban J connectivity index is 0.000000534. The van der Waals surface area contributed by atoms with Crippen LogP contribution in [0.2, 0.25) is 0 Å². The summed E-state index contributed by atoms with van der Waals surface area (Å²) in [5, 5.41) is 8.40. The first-order valence-corrected chi connectivity index (χ1v) is 7.16. The summed E-state index contributed by atoms with van der Waals surface area (Å²) in [5.41, 5.74) is -0.503. The largest absolute Gasteiger partial charge is 0.497 e. The first-order valence-electron chi connectivity index (χ1n) is 7.16. The van der Waals surface area contributed by atoms with E-state index in [-0.39, 0.29) is 12.2 Å². The topological polar surface area (TPSA) is 36.3 Å². The van der Waals surface area contributed by atoms with Crippen LogP contribution in [0.15, 0.2) is 18.2 Å². The third kappa shape index (κ3) is 7.32. The van der Waals surface area contributed by atoms with E-state index in [0.717, 1.165) is 12.1 Å². The molecular formula is C16H23F3N2O. The molecule has 124 valence electrons. The molecule has 0 radical (unpaired) electrons. The lowest BCUT2D eigenvalue weighted by atomic mass is 10.1. The van der Waals surface area contributed by atoms with Crippen LogP contribution < -0.4 is 4.74 Å². The van der Waals surface area contributed by atoms with Gasteiger partial charge < -0.3 is 9.64 Å². The molecule has 3 nitrogen and oxygen atoms in total. The molecule has 0 spiro atoms. The number of hydrogen-bond acceptors (Lipinski definition) is 3. The quantitative estimate of drug-likeness (QED) is 0.819. The Morgan fingerprint density at radius 1 is 1.09 bits per heavy atom. The number of rotatable bonds is 5. The third-order valence-electron chi connectivity index (χ3n) is 3.15. The van der Waals surface area contributed by atoms with E-state index in [4.69, 9.17) is 10.00 Å². The van der Waals surface area contributed by atoms with Gasteiger partial charge in [0.05, 0.1) is 25.2 Å². The van der Waals surface area contributed by atoms with Crippen molar-refractivity contribution in [3.63, 3.8) is 0 Å². The van der Waals surface area contributed by atoms with Crippen molar-refractivity contribution in [3.8, 4) is 11.8 Å². The molecule has 0 saturated heterocycles. The summed E-state index contributed by atoms with van der Waals surface area (Å²) in [4.78, 5) is 2.38. The van der Waals surface area contributed by atoms with Crippen LogP contribution in [0, 0.1) is 11.3 Å². The normalized spacial score (nSPS) is 10.7. The van der Waals surface area contributed by atoms with E-state index in [9.17, 15) is 13.2 Å². The number of hydrogen-bond donors (Lipinski definition) is 0. The van der Waals surface area contributed by atoms with Gasteiger partial charge in [0.1, 0.15) is 5.75 Å². The van der Waals surface area contributed by atoms with Crippen molar-refractivity contribution >= 4 is 0 Å². The number of halogens is 3.